The van der Waals surface area contributed by atoms with Gasteiger partial charge in [0, 0.05) is 18.1 Å². The number of carbonyl (C=O) groups is 1. The summed E-state index contributed by atoms with van der Waals surface area (Å²) in [4.78, 5) is 19.1. The first kappa shape index (κ1) is 10.3. The largest absolute Gasteiger partial charge is 0.376 e. The maximum absolute atomic E-state index is 10.8. The van der Waals surface area contributed by atoms with Gasteiger partial charge in [-0.05, 0) is 18.2 Å². The third-order valence-electron chi connectivity index (χ3n) is 2.05. The molecule has 0 aliphatic heterocycles. The molecule has 2 rings (SSSR count). The van der Waals surface area contributed by atoms with Crippen molar-refractivity contribution in [2.24, 2.45) is 0 Å². The van der Waals surface area contributed by atoms with Gasteiger partial charge in [0.25, 0.3) is 5.91 Å². The first-order valence-electron chi connectivity index (χ1n) is 4.67. The number of hydrogen-bond acceptors (Lipinski definition) is 5. The minimum absolute atomic E-state index is 0.00225. The van der Waals surface area contributed by atoms with E-state index >= 15 is 0 Å². The highest BCUT2D eigenvalue weighted by Crippen LogP contribution is 2.14. The molecule has 0 aliphatic carbocycles. The van der Waals surface area contributed by atoms with Crippen LogP contribution in [0, 0.1) is 0 Å². The molecule has 16 heavy (non-hydrogen) atoms. The lowest BCUT2D eigenvalue weighted by atomic mass is 10.2. The van der Waals surface area contributed by atoms with E-state index in [1.807, 2.05) is 6.07 Å². The summed E-state index contributed by atoms with van der Waals surface area (Å²) in [5.41, 5.74) is 3.83. The van der Waals surface area contributed by atoms with Gasteiger partial charge in [0.1, 0.15) is 0 Å². The molecule has 1 amide bonds. The van der Waals surface area contributed by atoms with Crippen LogP contribution in [0.4, 0.5) is 5.69 Å². The second-order valence-corrected chi connectivity index (χ2v) is 3.15. The minimum Gasteiger partial charge on any atom is -0.376 e. The summed E-state index contributed by atoms with van der Waals surface area (Å²) in [6.07, 6.45) is 3.22. The monoisotopic (exact) mass is 218 g/mol. The van der Waals surface area contributed by atoms with E-state index in [4.69, 9.17) is 5.21 Å². The summed E-state index contributed by atoms with van der Waals surface area (Å²) in [5, 5.41) is 11.2. The first-order chi connectivity index (χ1) is 7.79. The molecule has 0 unspecified atom stereocenters. The lowest BCUT2D eigenvalue weighted by Gasteiger charge is -2.05. The molecule has 1 aromatic carbocycles. The van der Waals surface area contributed by atoms with Crippen LogP contribution in [0.5, 0.6) is 0 Å². The molecule has 0 bridgehead atoms. The summed E-state index contributed by atoms with van der Waals surface area (Å²) < 4.78 is 0. The molecule has 0 atom stereocenters. The highest BCUT2D eigenvalue weighted by Gasteiger charge is 2.00. The van der Waals surface area contributed by atoms with Crippen molar-refractivity contribution >= 4 is 22.6 Å². The Balaban J connectivity index is 2.16. The maximum atomic E-state index is 10.8. The number of hydroxylamine groups is 1. The number of benzene rings is 1. The minimum atomic E-state index is -0.501. The van der Waals surface area contributed by atoms with E-state index in [1.54, 1.807) is 30.0 Å². The zero-order valence-corrected chi connectivity index (χ0v) is 8.34. The number of amides is 1. The van der Waals surface area contributed by atoms with Crippen LogP contribution in [-0.4, -0.2) is 27.6 Å². The van der Waals surface area contributed by atoms with Gasteiger partial charge < -0.3 is 5.32 Å². The highest BCUT2D eigenvalue weighted by atomic mass is 16.5. The van der Waals surface area contributed by atoms with Crippen molar-refractivity contribution in [1.29, 1.82) is 0 Å². The molecule has 0 spiro atoms. The molecule has 2 aromatic rings. The molecule has 0 fully saturated rings. The summed E-state index contributed by atoms with van der Waals surface area (Å²) in [6.45, 7) is 0.00225. The number of rotatable bonds is 3. The van der Waals surface area contributed by atoms with Gasteiger partial charge in [-0.2, -0.15) is 0 Å². The number of hydrogen-bond donors (Lipinski definition) is 3. The summed E-state index contributed by atoms with van der Waals surface area (Å²) >= 11 is 0. The normalized spacial score (nSPS) is 10.1. The molecule has 0 saturated carbocycles. The fourth-order valence-electron chi connectivity index (χ4n) is 1.30. The van der Waals surface area contributed by atoms with Crippen LogP contribution in [0.3, 0.4) is 0 Å². The zero-order valence-electron chi connectivity index (χ0n) is 8.34. The van der Waals surface area contributed by atoms with E-state index in [-0.39, 0.29) is 6.54 Å². The second-order valence-electron chi connectivity index (χ2n) is 3.15. The van der Waals surface area contributed by atoms with E-state index in [2.05, 4.69) is 15.3 Å². The standard InChI is InChI=1S/C10H10N4O2/c15-10(14-16)6-13-7-1-2-8-9(5-7)12-4-3-11-8/h1-5,13,16H,6H2,(H,14,15). The first-order valence-corrected chi connectivity index (χ1v) is 4.67. The molecule has 0 aliphatic rings. The Morgan fingerprint density at radius 3 is 2.75 bits per heavy atom. The third kappa shape index (κ3) is 2.23. The third-order valence-corrected chi connectivity index (χ3v) is 2.05. The van der Waals surface area contributed by atoms with Gasteiger partial charge in [-0.25, -0.2) is 5.48 Å². The highest BCUT2D eigenvalue weighted by molar-refractivity contribution is 5.82. The second kappa shape index (κ2) is 4.54. The zero-order chi connectivity index (χ0) is 11.4. The van der Waals surface area contributed by atoms with Crippen LogP contribution >= 0.6 is 0 Å². The summed E-state index contributed by atoms with van der Waals surface area (Å²) in [5.74, 6) is -0.501. The number of aromatic nitrogens is 2. The van der Waals surface area contributed by atoms with E-state index in [0.29, 0.717) is 0 Å². The quantitative estimate of drug-likeness (QED) is 0.517. The molecule has 82 valence electrons. The molecule has 1 aromatic heterocycles. The van der Waals surface area contributed by atoms with E-state index < -0.39 is 5.91 Å². The lowest BCUT2D eigenvalue weighted by molar-refractivity contribution is -0.127. The Bertz CT molecular complexity index is 515. The Kier molecular flexibility index (Phi) is 2.93. The van der Waals surface area contributed by atoms with Gasteiger partial charge in [-0.1, -0.05) is 0 Å². The van der Waals surface area contributed by atoms with Gasteiger partial charge in [0.2, 0.25) is 0 Å². The molecule has 6 nitrogen and oxygen atoms in total. The Hall–Kier alpha value is -2.21. The van der Waals surface area contributed by atoms with Gasteiger partial charge >= 0.3 is 0 Å². The van der Waals surface area contributed by atoms with Crippen molar-refractivity contribution in [2.75, 3.05) is 11.9 Å². The molecule has 0 saturated heterocycles. The predicted octanol–water partition coefficient (Wildman–Crippen LogP) is 0.547. The van der Waals surface area contributed by atoms with Crippen LogP contribution in [0.1, 0.15) is 0 Å². The van der Waals surface area contributed by atoms with Crippen molar-refractivity contribution in [3.8, 4) is 0 Å². The fourth-order valence-corrected chi connectivity index (χ4v) is 1.30. The van der Waals surface area contributed by atoms with Crippen molar-refractivity contribution < 1.29 is 10.0 Å². The average molecular weight is 218 g/mol. The molecule has 1 heterocycles. The van der Waals surface area contributed by atoms with Crippen molar-refractivity contribution in [3.63, 3.8) is 0 Å². The SMILES string of the molecule is O=C(CNc1ccc2nccnc2c1)NO. The Morgan fingerprint density at radius 2 is 2.00 bits per heavy atom. The van der Waals surface area contributed by atoms with Crippen LogP contribution in [0.25, 0.3) is 11.0 Å². The van der Waals surface area contributed by atoms with Gasteiger partial charge in [-0.3, -0.25) is 20.0 Å². The number of anilines is 1. The number of nitrogens with zero attached hydrogens (tertiary/aromatic N) is 2. The van der Waals surface area contributed by atoms with E-state index in [1.165, 1.54) is 0 Å². The number of nitrogens with one attached hydrogen (secondary N) is 2. The molecular formula is C10H10N4O2. The molecule has 6 heteroatoms. The Morgan fingerprint density at radius 1 is 1.25 bits per heavy atom. The van der Waals surface area contributed by atoms with Crippen molar-refractivity contribution in [3.05, 3.63) is 30.6 Å². The summed E-state index contributed by atoms with van der Waals surface area (Å²) in [6, 6.07) is 5.39. The molecule has 3 N–H and O–H groups in total. The average Bonchev–Trinajstić information content (AvgIpc) is 2.35. The topological polar surface area (TPSA) is 87.1 Å². The predicted molar refractivity (Wildman–Crippen MR) is 58.0 cm³/mol. The number of carbonyl (C=O) groups excluding carboxylic acids is 1. The van der Waals surface area contributed by atoms with Crippen LogP contribution in [0.15, 0.2) is 30.6 Å². The fraction of sp³-hybridized carbons (Fsp3) is 0.100. The van der Waals surface area contributed by atoms with Crippen LogP contribution in [-0.2, 0) is 4.79 Å². The number of fused-ring (bicyclic) bond motifs is 1. The van der Waals surface area contributed by atoms with Crippen LogP contribution in [0.2, 0.25) is 0 Å². The molecular weight excluding hydrogens is 208 g/mol. The maximum Gasteiger partial charge on any atom is 0.262 e. The van der Waals surface area contributed by atoms with E-state index in [9.17, 15) is 4.79 Å². The van der Waals surface area contributed by atoms with Crippen molar-refractivity contribution in [2.45, 2.75) is 0 Å². The molecule has 0 radical (unpaired) electrons. The van der Waals surface area contributed by atoms with Crippen molar-refractivity contribution in [1.82, 2.24) is 15.4 Å². The van der Waals surface area contributed by atoms with Gasteiger partial charge in [0.15, 0.2) is 0 Å². The smallest absolute Gasteiger partial charge is 0.262 e. The lowest BCUT2D eigenvalue weighted by Crippen LogP contribution is -2.26. The van der Waals surface area contributed by atoms with Gasteiger partial charge in [0.05, 0.1) is 17.6 Å². The van der Waals surface area contributed by atoms with Gasteiger partial charge in [-0.15, -0.1) is 0 Å². The van der Waals surface area contributed by atoms with Crippen LogP contribution < -0.4 is 10.8 Å². The summed E-state index contributed by atoms with van der Waals surface area (Å²) in [7, 11) is 0. The van der Waals surface area contributed by atoms with E-state index in [0.717, 1.165) is 16.7 Å². The Labute approximate surface area is 91.3 Å².